The first-order valence-electron chi connectivity index (χ1n) is 14.1. The van der Waals surface area contributed by atoms with Crippen LogP contribution < -0.4 is 15.6 Å². The molecule has 5 heterocycles. The molecule has 0 radical (unpaired) electrons. The molecule has 39 heavy (non-hydrogen) atoms. The number of hydrazine groups is 1. The number of hydrogen-bond donors (Lipinski definition) is 3. The average Bonchev–Trinajstić information content (AvgIpc) is 3.72. The van der Waals surface area contributed by atoms with Crippen molar-refractivity contribution in [2.75, 3.05) is 26.2 Å². The molecule has 1 saturated carbocycles. The Labute approximate surface area is 227 Å². The number of ether oxygens (including phenoxy) is 1. The maximum atomic E-state index is 13.9. The van der Waals surface area contributed by atoms with E-state index in [0.717, 1.165) is 54.0 Å². The summed E-state index contributed by atoms with van der Waals surface area (Å²) in [5.74, 6) is 2.24. The molecule has 1 aromatic carbocycles. The Morgan fingerprint density at radius 2 is 1.97 bits per heavy atom. The predicted octanol–water partition coefficient (Wildman–Crippen LogP) is 4.74. The summed E-state index contributed by atoms with van der Waals surface area (Å²) >= 11 is 0. The lowest BCUT2D eigenvalue weighted by Crippen LogP contribution is -2.34. The van der Waals surface area contributed by atoms with Crippen molar-refractivity contribution in [2.24, 2.45) is 5.92 Å². The zero-order chi connectivity index (χ0) is 26.2. The number of hydrogen-bond acceptors (Lipinski definition) is 7. The van der Waals surface area contributed by atoms with Crippen LogP contribution in [0.2, 0.25) is 0 Å². The van der Waals surface area contributed by atoms with Crippen molar-refractivity contribution < 1.29 is 9.13 Å². The minimum atomic E-state index is -0.259. The van der Waals surface area contributed by atoms with Crippen LogP contribution in [0.3, 0.4) is 0 Å². The number of aromatic amines is 1. The van der Waals surface area contributed by atoms with Gasteiger partial charge in [-0.3, -0.25) is 15.3 Å². The first-order valence-corrected chi connectivity index (χ1v) is 14.1. The van der Waals surface area contributed by atoms with Gasteiger partial charge < -0.3 is 9.72 Å². The van der Waals surface area contributed by atoms with Crippen molar-refractivity contribution in [1.82, 2.24) is 35.7 Å². The summed E-state index contributed by atoms with van der Waals surface area (Å²) in [4.78, 5) is 19.9. The van der Waals surface area contributed by atoms with Gasteiger partial charge in [0.1, 0.15) is 24.0 Å². The molecule has 3 fully saturated rings. The van der Waals surface area contributed by atoms with E-state index in [2.05, 4.69) is 36.8 Å². The number of nitrogens with one attached hydrogen (secondary N) is 3. The van der Waals surface area contributed by atoms with Gasteiger partial charge in [-0.05, 0) is 92.4 Å². The van der Waals surface area contributed by atoms with Crippen molar-refractivity contribution in [3.05, 3.63) is 72.2 Å². The molecule has 0 amide bonds. The van der Waals surface area contributed by atoms with E-state index in [9.17, 15) is 4.39 Å². The van der Waals surface area contributed by atoms with Crippen molar-refractivity contribution in [3.63, 3.8) is 0 Å². The fraction of sp³-hybridized carbons (Fsp3) is 0.433. The van der Waals surface area contributed by atoms with Crippen LogP contribution in [0.4, 0.5) is 4.39 Å². The zero-order valence-electron chi connectivity index (χ0n) is 21.9. The van der Waals surface area contributed by atoms with Crippen LogP contribution in [-0.2, 0) is 0 Å². The second kappa shape index (κ2) is 10.6. The minimum Gasteiger partial charge on any atom is -0.491 e. The highest BCUT2D eigenvalue weighted by Crippen LogP contribution is 2.44. The second-order valence-corrected chi connectivity index (χ2v) is 11.1. The monoisotopic (exact) mass is 527 g/mol. The molecular formula is C30H34FN7O. The average molecular weight is 528 g/mol. The molecule has 2 saturated heterocycles. The summed E-state index contributed by atoms with van der Waals surface area (Å²) in [6.07, 6.45) is 11.4. The van der Waals surface area contributed by atoms with E-state index in [-0.39, 0.29) is 11.9 Å². The molecule has 1 aliphatic carbocycles. The standard InChI is InChI=1S/C30H34FN7O/c31-22-5-3-4-20(14-22)24-8-9-33-29-27(24)34-30(35-29)28-25-16-19(6-7-26(25)36-37-28)21-15-23(18-32-17-21)39-13-12-38-10-1-2-11-38/h3-5,8-9,14-15,17-19,25-26,28,36-37H,1-2,6-7,10-13,16H2,(H,33,34,35). The fourth-order valence-corrected chi connectivity index (χ4v) is 6.64. The van der Waals surface area contributed by atoms with Crippen LogP contribution in [0, 0.1) is 11.7 Å². The maximum absolute atomic E-state index is 13.9. The lowest BCUT2D eigenvalue weighted by Gasteiger charge is -2.33. The van der Waals surface area contributed by atoms with Crippen LogP contribution in [0.15, 0.2) is 55.0 Å². The summed E-state index contributed by atoms with van der Waals surface area (Å²) in [5, 5.41) is 0. The van der Waals surface area contributed by atoms with Crippen LogP contribution >= 0.6 is 0 Å². The molecule has 0 bridgehead atoms. The molecular weight excluding hydrogens is 493 g/mol. The summed E-state index contributed by atoms with van der Waals surface area (Å²) < 4.78 is 20.0. The number of pyridine rings is 2. The molecule has 4 unspecified atom stereocenters. The summed E-state index contributed by atoms with van der Waals surface area (Å²) in [7, 11) is 0. The Kier molecular flexibility index (Phi) is 6.72. The highest BCUT2D eigenvalue weighted by molar-refractivity contribution is 5.89. The Hall–Kier alpha value is -3.40. The van der Waals surface area contributed by atoms with E-state index in [1.807, 2.05) is 24.5 Å². The number of nitrogens with zero attached hydrogens (tertiary/aromatic N) is 4. The van der Waals surface area contributed by atoms with Crippen molar-refractivity contribution in [1.29, 1.82) is 0 Å². The maximum Gasteiger partial charge on any atom is 0.178 e. The number of fused-ring (bicyclic) bond motifs is 2. The van der Waals surface area contributed by atoms with E-state index in [1.54, 1.807) is 18.3 Å². The molecule has 202 valence electrons. The number of imidazole rings is 1. The van der Waals surface area contributed by atoms with Gasteiger partial charge in [0.15, 0.2) is 5.65 Å². The van der Waals surface area contributed by atoms with E-state index < -0.39 is 0 Å². The molecule has 7 rings (SSSR count). The fourth-order valence-electron chi connectivity index (χ4n) is 6.64. The third-order valence-electron chi connectivity index (χ3n) is 8.67. The third kappa shape index (κ3) is 5.02. The number of H-pyrrole nitrogens is 1. The van der Waals surface area contributed by atoms with Gasteiger partial charge >= 0.3 is 0 Å². The van der Waals surface area contributed by atoms with Crippen molar-refractivity contribution >= 4 is 11.2 Å². The van der Waals surface area contributed by atoms with E-state index in [1.165, 1.54) is 37.6 Å². The van der Waals surface area contributed by atoms with Gasteiger partial charge in [0.25, 0.3) is 0 Å². The molecule has 3 aliphatic rings. The summed E-state index contributed by atoms with van der Waals surface area (Å²) in [6.45, 7) is 4.05. The summed E-state index contributed by atoms with van der Waals surface area (Å²) in [6, 6.07) is 11.1. The summed E-state index contributed by atoms with van der Waals surface area (Å²) in [5.41, 5.74) is 11.5. The molecule has 3 N–H and O–H groups in total. The molecule has 8 nitrogen and oxygen atoms in total. The van der Waals surface area contributed by atoms with Gasteiger partial charge in [-0.2, -0.15) is 0 Å². The first-order chi connectivity index (χ1) is 19.2. The van der Waals surface area contributed by atoms with Crippen LogP contribution in [0.25, 0.3) is 22.3 Å². The van der Waals surface area contributed by atoms with Gasteiger partial charge in [-0.15, -0.1) is 0 Å². The van der Waals surface area contributed by atoms with E-state index >= 15 is 0 Å². The topological polar surface area (TPSA) is 91.0 Å². The van der Waals surface area contributed by atoms with Gasteiger partial charge in [0.2, 0.25) is 0 Å². The smallest absolute Gasteiger partial charge is 0.178 e. The highest BCUT2D eigenvalue weighted by atomic mass is 19.1. The van der Waals surface area contributed by atoms with Gasteiger partial charge in [-0.25, -0.2) is 19.8 Å². The number of aromatic nitrogens is 4. The van der Waals surface area contributed by atoms with Gasteiger partial charge in [-0.1, -0.05) is 12.1 Å². The molecule has 0 spiro atoms. The normalized spacial score (nSPS) is 25.3. The molecule has 3 aromatic heterocycles. The second-order valence-electron chi connectivity index (χ2n) is 11.1. The number of benzene rings is 1. The highest BCUT2D eigenvalue weighted by Gasteiger charge is 2.42. The Balaban J connectivity index is 1.08. The van der Waals surface area contributed by atoms with Crippen LogP contribution in [0.5, 0.6) is 5.75 Å². The number of halogens is 1. The molecule has 4 aromatic rings. The number of rotatable bonds is 7. The third-order valence-corrected chi connectivity index (χ3v) is 8.67. The predicted molar refractivity (Wildman–Crippen MR) is 148 cm³/mol. The van der Waals surface area contributed by atoms with E-state index in [4.69, 9.17) is 9.72 Å². The van der Waals surface area contributed by atoms with Crippen molar-refractivity contribution in [2.45, 2.75) is 50.1 Å². The van der Waals surface area contributed by atoms with Crippen LogP contribution in [-0.4, -0.2) is 57.1 Å². The Morgan fingerprint density at radius 3 is 2.87 bits per heavy atom. The largest absolute Gasteiger partial charge is 0.491 e. The lowest BCUT2D eigenvalue weighted by molar-refractivity contribution is 0.236. The minimum absolute atomic E-state index is 0.0280. The molecule has 9 heteroatoms. The van der Waals surface area contributed by atoms with E-state index in [0.29, 0.717) is 30.1 Å². The van der Waals surface area contributed by atoms with Gasteiger partial charge in [0.05, 0.1) is 17.8 Å². The first kappa shape index (κ1) is 24.6. The Morgan fingerprint density at radius 1 is 1.05 bits per heavy atom. The SMILES string of the molecule is Fc1cccc(-c2ccnc3nc(C4NNC5CCC(c6cncc(OCCN7CCCC7)c6)CC54)[nH]c23)c1. The van der Waals surface area contributed by atoms with Crippen LogP contribution in [0.1, 0.15) is 55.5 Å². The number of likely N-dealkylation sites (tertiary alicyclic amines) is 1. The lowest BCUT2D eigenvalue weighted by atomic mass is 9.73. The van der Waals surface area contributed by atoms with Crippen molar-refractivity contribution in [3.8, 4) is 16.9 Å². The molecule has 4 atom stereocenters. The van der Waals surface area contributed by atoms with Gasteiger partial charge in [0, 0.05) is 30.5 Å². The Bertz CT molecular complexity index is 1450. The quantitative estimate of drug-likeness (QED) is 0.320. The molecule has 2 aliphatic heterocycles. The zero-order valence-corrected chi connectivity index (χ0v) is 21.9.